The highest BCUT2D eigenvalue weighted by molar-refractivity contribution is 7.86. The number of hydrogen-bond acceptors (Lipinski definition) is 10. The summed E-state index contributed by atoms with van der Waals surface area (Å²) in [5.74, 6) is -0.734. The molecule has 0 radical (unpaired) electrons. The molecular weight excluding hydrogens is 689 g/mol. The molecule has 0 saturated heterocycles. The molecule has 296 valence electrons. The van der Waals surface area contributed by atoms with E-state index in [1.807, 2.05) is 12.2 Å². The molecule has 12 nitrogen and oxygen atoms in total. The van der Waals surface area contributed by atoms with E-state index in [-0.39, 0.29) is 63.0 Å². The van der Waals surface area contributed by atoms with Gasteiger partial charge >= 0.3 is 0 Å². The van der Waals surface area contributed by atoms with Crippen molar-refractivity contribution in [1.82, 2.24) is 0 Å². The molecule has 2 atom stereocenters. The minimum Gasteiger partial charge on any atom is -0.379 e. The van der Waals surface area contributed by atoms with Crippen LogP contribution in [0.2, 0.25) is 0 Å². The molecule has 0 fully saturated rings. The molecule has 50 heavy (non-hydrogen) atoms. The maximum Gasteiger partial charge on any atom is 0.264 e. The number of hydrogen-bond donors (Lipinski definition) is 2. The molecule has 0 aromatic carbocycles. The molecule has 0 aliphatic carbocycles. The fourth-order valence-corrected chi connectivity index (χ4v) is 5.44. The van der Waals surface area contributed by atoms with Gasteiger partial charge in [0.2, 0.25) is 0 Å². The lowest BCUT2D eigenvalue weighted by atomic mass is 10.2. The van der Waals surface area contributed by atoms with E-state index in [0.29, 0.717) is 39.6 Å². The van der Waals surface area contributed by atoms with E-state index in [2.05, 4.69) is 38.2 Å². The summed E-state index contributed by atoms with van der Waals surface area (Å²) in [6.45, 7) is 7.58. The zero-order valence-corrected chi connectivity index (χ0v) is 32.4. The molecule has 2 N–H and O–H groups in total. The van der Waals surface area contributed by atoms with Crippen LogP contribution in [0.15, 0.2) is 36.5 Å². The second-order valence-electron chi connectivity index (χ2n) is 12.2. The Morgan fingerprint density at radius 2 is 0.820 bits per heavy atom. The van der Waals surface area contributed by atoms with Crippen molar-refractivity contribution in [3.05, 3.63) is 36.5 Å². The van der Waals surface area contributed by atoms with Crippen LogP contribution in [0, 0.1) is 0 Å². The Kier molecular flexibility index (Phi) is 34.0. The lowest BCUT2D eigenvalue weighted by Gasteiger charge is -2.18. The van der Waals surface area contributed by atoms with Gasteiger partial charge in [0.15, 0.2) is 0 Å². The molecular formula is C36H68O12S2. The standard InChI is InChI=1S/C36H68O12S2/c1-3-5-7-9-11-13-15-17-23-43-31-35(47-27-21-29-49(37,38)39)33-45-25-19-20-26-46-34-36(48-28-22-30-50(40,41)42)32-44-24-18-16-14-12-10-8-6-4-2/h11-14,19-20,35-36H,3-10,15-18,21-34H2,1-2H3,(H,37,38,39)(H,40,41,42)/b13-11-,14-12-,20-19-. The predicted molar refractivity (Wildman–Crippen MR) is 199 cm³/mol. The third-order valence-corrected chi connectivity index (χ3v) is 8.82. The monoisotopic (exact) mass is 756 g/mol. The molecule has 0 aliphatic heterocycles. The highest BCUT2D eigenvalue weighted by atomic mass is 32.2. The zero-order valence-electron chi connectivity index (χ0n) is 30.8. The largest absolute Gasteiger partial charge is 0.379 e. The third kappa shape index (κ3) is 39.6. The van der Waals surface area contributed by atoms with Crippen molar-refractivity contribution < 1.29 is 54.4 Å². The molecule has 0 aromatic heterocycles. The zero-order chi connectivity index (χ0) is 37.0. The summed E-state index contributed by atoms with van der Waals surface area (Å²) in [6, 6.07) is 0. The van der Waals surface area contributed by atoms with E-state index >= 15 is 0 Å². The second-order valence-corrected chi connectivity index (χ2v) is 15.3. The molecule has 2 unspecified atom stereocenters. The van der Waals surface area contributed by atoms with Crippen LogP contribution in [-0.2, 0) is 48.7 Å². The van der Waals surface area contributed by atoms with Crippen molar-refractivity contribution in [2.24, 2.45) is 0 Å². The Labute approximate surface area is 303 Å². The SMILES string of the molecule is CCCCC/C=C\CCCOCC(COC/C=C\COCC(COCCC/C=C\CCCCC)OCCCS(=O)(=O)O)OCCCS(=O)(=O)O. The van der Waals surface area contributed by atoms with Gasteiger partial charge in [-0.1, -0.05) is 76.0 Å². The summed E-state index contributed by atoms with van der Waals surface area (Å²) < 4.78 is 96.5. The van der Waals surface area contributed by atoms with Crippen LogP contribution in [0.1, 0.15) is 104 Å². The van der Waals surface area contributed by atoms with Crippen molar-refractivity contribution >= 4 is 20.2 Å². The van der Waals surface area contributed by atoms with Crippen molar-refractivity contribution in [3.63, 3.8) is 0 Å². The summed E-state index contributed by atoms with van der Waals surface area (Å²) in [7, 11) is -8.08. The first-order valence-electron chi connectivity index (χ1n) is 18.5. The van der Waals surface area contributed by atoms with Crippen molar-refractivity contribution in [2.45, 2.75) is 116 Å². The van der Waals surface area contributed by atoms with Crippen LogP contribution >= 0.6 is 0 Å². The summed E-state index contributed by atoms with van der Waals surface area (Å²) in [5, 5.41) is 0. The second kappa shape index (κ2) is 34.9. The Balaban J connectivity index is 4.48. The van der Waals surface area contributed by atoms with Gasteiger partial charge in [-0.2, -0.15) is 16.8 Å². The van der Waals surface area contributed by atoms with Crippen LogP contribution in [0.25, 0.3) is 0 Å². The number of unbranched alkanes of at least 4 members (excludes halogenated alkanes) is 8. The first-order chi connectivity index (χ1) is 24.1. The van der Waals surface area contributed by atoms with E-state index in [0.717, 1.165) is 38.5 Å². The van der Waals surface area contributed by atoms with Gasteiger partial charge in [-0.05, 0) is 64.2 Å². The van der Waals surface area contributed by atoms with Crippen LogP contribution in [-0.4, -0.2) is 116 Å². The van der Waals surface area contributed by atoms with Crippen molar-refractivity contribution in [3.8, 4) is 0 Å². The van der Waals surface area contributed by atoms with Crippen LogP contribution in [0.5, 0.6) is 0 Å². The highest BCUT2D eigenvalue weighted by Crippen LogP contribution is 2.05. The molecule has 0 amide bonds. The van der Waals surface area contributed by atoms with E-state index in [1.54, 1.807) is 0 Å². The maximum atomic E-state index is 11.0. The average Bonchev–Trinajstić information content (AvgIpc) is 3.06. The smallest absolute Gasteiger partial charge is 0.264 e. The van der Waals surface area contributed by atoms with Gasteiger partial charge in [0.1, 0.15) is 12.2 Å². The van der Waals surface area contributed by atoms with Crippen molar-refractivity contribution in [1.29, 1.82) is 0 Å². The lowest BCUT2D eigenvalue weighted by molar-refractivity contribution is -0.0571. The highest BCUT2D eigenvalue weighted by Gasteiger charge is 2.13. The molecule has 14 heteroatoms. The normalized spacial score (nSPS) is 14.1. The fourth-order valence-electron chi connectivity index (χ4n) is 4.47. The number of rotatable bonds is 38. The molecule has 0 spiro atoms. The van der Waals surface area contributed by atoms with E-state index in [1.165, 1.54) is 38.5 Å². The Bertz CT molecular complexity index is 963. The summed E-state index contributed by atoms with van der Waals surface area (Å²) >= 11 is 0. The van der Waals surface area contributed by atoms with Gasteiger partial charge in [0, 0.05) is 26.4 Å². The van der Waals surface area contributed by atoms with Gasteiger partial charge in [0.25, 0.3) is 20.2 Å². The van der Waals surface area contributed by atoms with Crippen LogP contribution in [0.4, 0.5) is 0 Å². The summed E-state index contributed by atoms with van der Waals surface area (Å²) in [4.78, 5) is 0. The van der Waals surface area contributed by atoms with Crippen LogP contribution in [0.3, 0.4) is 0 Å². The fraction of sp³-hybridized carbons (Fsp3) is 0.833. The third-order valence-electron chi connectivity index (χ3n) is 7.21. The molecule has 0 rings (SSSR count). The minimum absolute atomic E-state index is 0.153. The van der Waals surface area contributed by atoms with Gasteiger partial charge in [-0.3, -0.25) is 9.11 Å². The topological polar surface area (TPSA) is 164 Å². The average molecular weight is 757 g/mol. The van der Waals surface area contributed by atoms with Gasteiger partial charge in [-0.15, -0.1) is 0 Å². The lowest BCUT2D eigenvalue weighted by Crippen LogP contribution is -2.27. The Morgan fingerprint density at radius 3 is 1.18 bits per heavy atom. The van der Waals surface area contributed by atoms with E-state index < -0.39 is 20.2 Å². The quantitative estimate of drug-likeness (QED) is 0.0387. The molecule has 0 bridgehead atoms. The first-order valence-corrected chi connectivity index (χ1v) is 21.7. The summed E-state index contributed by atoms with van der Waals surface area (Å²) in [5.41, 5.74) is 0. The number of allylic oxidation sites excluding steroid dienone is 4. The minimum atomic E-state index is -4.04. The predicted octanol–water partition coefficient (Wildman–Crippen LogP) is 6.77. The molecule has 0 heterocycles. The van der Waals surface area contributed by atoms with Gasteiger partial charge < -0.3 is 28.4 Å². The molecule has 0 aliphatic rings. The van der Waals surface area contributed by atoms with Gasteiger partial charge in [0.05, 0.1) is 51.1 Å². The molecule has 0 aromatic rings. The van der Waals surface area contributed by atoms with Gasteiger partial charge in [-0.25, -0.2) is 0 Å². The summed E-state index contributed by atoms with van der Waals surface area (Å²) in [6.07, 6.45) is 25.3. The number of ether oxygens (including phenoxy) is 6. The maximum absolute atomic E-state index is 11.0. The van der Waals surface area contributed by atoms with Crippen LogP contribution < -0.4 is 0 Å². The van der Waals surface area contributed by atoms with E-state index in [4.69, 9.17) is 37.5 Å². The molecule has 0 saturated carbocycles. The Morgan fingerprint density at radius 1 is 0.460 bits per heavy atom. The van der Waals surface area contributed by atoms with E-state index in [9.17, 15) is 16.8 Å². The van der Waals surface area contributed by atoms with Crippen molar-refractivity contribution in [2.75, 3.05) is 77.6 Å². The Hall–Kier alpha value is -1.20. The first kappa shape index (κ1) is 48.8.